The maximum Gasteiger partial charge on any atom is 0.416 e. The molecule has 8 heteroatoms. The van der Waals surface area contributed by atoms with Crippen molar-refractivity contribution < 1.29 is 23.2 Å². The summed E-state index contributed by atoms with van der Waals surface area (Å²) in [5.41, 5.74) is -2.07. The average molecular weight is 356 g/mol. The molecule has 0 saturated heterocycles. The van der Waals surface area contributed by atoms with Gasteiger partial charge in [0, 0.05) is 12.1 Å². The number of anilines is 1. The van der Waals surface area contributed by atoms with Crippen LogP contribution < -0.4 is 5.32 Å². The Morgan fingerprint density at radius 3 is 2.36 bits per heavy atom. The van der Waals surface area contributed by atoms with Crippen LogP contribution in [0.15, 0.2) is 18.2 Å². The minimum atomic E-state index is -4.62. The molecule has 1 aromatic rings. The molecule has 136 valence electrons. The lowest BCUT2D eigenvalue weighted by Gasteiger charge is -2.58. The van der Waals surface area contributed by atoms with E-state index in [1.54, 1.807) is 0 Å². The summed E-state index contributed by atoms with van der Waals surface area (Å²) in [6.07, 6.45) is -0.545. The highest BCUT2D eigenvalue weighted by atomic mass is 19.4. The highest BCUT2D eigenvalue weighted by Crippen LogP contribution is 2.56. The van der Waals surface area contributed by atoms with Gasteiger partial charge in [-0.1, -0.05) is 0 Å². The van der Waals surface area contributed by atoms with Crippen LogP contribution in [0.5, 0.6) is 0 Å². The van der Waals surface area contributed by atoms with Gasteiger partial charge in [0.1, 0.15) is 5.69 Å². The first-order chi connectivity index (χ1) is 11.6. The molecule has 0 aliphatic heterocycles. The van der Waals surface area contributed by atoms with Gasteiger partial charge in [-0.15, -0.1) is 0 Å². The molecule has 0 radical (unpaired) electrons. The number of nitro groups is 1. The van der Waals surface area contributed by atoms with Crippen LogP contribution >= 0.6 is 0 Å². The van der Waals surface area contributed by atoms with Crippen molar-refractivity contribution in [1.29, 1.82) is 0 Å². The number of benzene rings is 1. The molecule has 4 aliphatic rings. The molecule has 4 saturated carbocycles. The Bertz CT molecular complexity index is 706. The van der Waals surface area contributed by atoms with Crippen LogP contribution in [0.2, 0.25) is 0 Å². The molecule has 2 atom stereocenters. The molecule has 25 heavy (non-hydrogen) atoms. The molecular weight excluding hydrogens is 337 g/mol. The highest BCUT2D eigenvalue weighted by molar-refractivity contribution is 5.63. The van der Waals surface area contributed by atoms with Gasteiger partial charge in [-0.25, -0.2) is 0 Å². The van der Waals surface area contributed by atoms with E-state index < -0.39 is 28.0 Å². The van der Waals surface area contributed by atoms with E-state index in [9.17, 15) is 28.4 Å². The van der Waals surface area contributed by atoms with Gasteiger partial charge in [0.25, 0.3) is 5.69 Å². The molecule has 0 heterocycles. The molecule has 0 unspecified atom stereocenters. The maximum atomic E-state index is 12.8. The first-order valence-electron chi connectivity index (χ1n) is 8.49. The third kappa shape index (κ3) is 2.86. The number of rotatable bonds is 3. The average Bonchev–Trinajstić information content (AvgIpc) is 2.48. The summed E-state index contributed by atoms with van der Waals surface area (Å²) in [6, 6.07) is 2.58. The van der Waals surface area contributed by atoms with Gasteiger partial charge < -0.3 is 10.4 Å². The Morgan fingerprint density at radius 1 is 1.20 bits per heavy atom. The van der Waals surface area contributed by atoms with E-state index in [1.807, 2.05) is 0 Å². The molecule has 0 amide bonds. The molecular formula is C17H19F3N2O3. The van der Waals surface area contributed by atoms with Gasteiger partial charge in [-0.05, 0) is 62.0 Å². The molecule has 4 aliphatic carbocycles. The molecule has 4 fully saturated rings. The van der Waals surface area contributed by atoms with Gasteiger partial charge in [0.05, 0.1) is 16.1 Å². The van der Waals surface area contributed by atoms with E-state index in [4.69, 9.17) is 0 Å². The van der Waals surface area contributed by atoms with E-state index in [-0.39, 0.29) is 23.6 Å². The number of halogens is 3. The smallest absolute Gasteiger partial charge is 0.390 e. The molecule has 0 spiro atoms. The number of nitro benzene ring substituents is 1. The number of alkyl halides is 3. The summed E-state index contributed by atoms with van der Waals surface area (Å²) in [4.78, 5) is 10.5. The summed E-state index contributed by atoms with van der Waals surface area (Å²) in [5, 5.41) is 25.0. The zero-order chi connectivity index (χ0) is 18.0. The second-order valence-electron chi connectivity index (χ2n) is 7.85. The van der Waals surface area contributed by atoms with E-state index >= 15 is 0 Å². The van der Waals surface area contributed by atoms with Crippen LogP contribution in [0, 0.1) is 27.9 Å². The summed E-state index contributed by atoms with van der Waals surface area (Å²) in [5.74, 6) is 0.902. The molecule has 2 N–H and O–H groups in total. The quantitative estimate of drug-likeness (QED) is 0.635. The van der Waals surface area contributed by atoms with Crippen molar-refractivity contribution in [3.05, 3.63) is 33.9 Å². The third-order valence-electron chi connectivity index (χ3n) is 6.08. The molecule has 1 aromatic carbocycles. The molecule has 5 rings (SSSR count). The molecule has 0 aromatic heterocycles. The summed E-state index contributed by atoms with van der Waals surface area (Å²) < 4.78 is 38.5. The summed E-state index contributed by atoms with van der Waals surface area (Å²) >= 11 is 0. The van der Waals surface area contributed by atoms with Gasteiger partial charge in [0.15, 0.2) is 0 Å². The molecule has 5 nitrogen and oxygen atoms in total. The minimum absolute atomic E-state index is 0.0349. The van der Waals surface area contributed by atoms with E-state index in [0.29, 0.717) is 24.8 Å². The maximum absolute atomic E-state index is 12.8. The van der Waals surface area contributed by atoms with Crippen molar-refractivity contribution in [3.63, 3.8) is 0 Å². The predicted octanol–water partition coefficient (Wildman–Crippen LogP) is 3.97. The van der Waals surface area contributed by atoms with Crippen molar-refractivity contribution in [2.75, 3.05) is 5.32 Å². The number of hydrogen-bond acceptors (Lipinski definition) is 4. The standard InChI is InChI=1S/C17H19F3N2O3/c18-17(19,20)12-1-2-13(14(5-12)22(24)25)21-15-10-3-9-4-11(15)8-16(23,6-9)7-10/h1-2,5,9-11,15,21,23H,3-4,6-8H2/t9?,10-,11-,15?,16?/m0/s1. The topological polar surface area (TPSA) is 75.4 Å². The van der Waals surface area contributed by atoms with Crippen LogP contribution in [0.4, 0.5) is 24.5 Å². The van der Waals surface area contributed by atoms with Crippen LogP contribution in [0.3, 0.4) is 0 Å². The van der Waals surface area contributed by atoms with Gasteiger partial charge in [-0.3, -0.25) is 10.1 Å². The number of nitrogens with zero attached hydrogens (tertiary/aromatic N) is 1. The van der Waals surface area contributed by atoms with Gasteiger partial charge >= 0.3 is 6.18 Å². The zero-order valence-corrected chi connectivity index (χ0v) is 13.4. The first-order valence-corrected chi connectivity index (χ1v) is 8.49. The number of nitrogens with one attached hydrogen (secondary N) is 1. The monoisotopic (exact) mass is 356 g/mol. The predicted molar refractivity (Wildman–Crippen MR) is 84.0 cm³/mol. The van der Waals surface area contributed by atoms with E-state index in [2.05, 4.69) is 5.32 Å². The molecule has 4 bridgehead atoms. The Morgan fingerprint density at radius 2 is 1.84 bits per heavy atom. The summed E-state index contributed by atoms with van der Waals surface area (Å²) in [7, 11) is 0. The second kappa shape index (κ2) is 5.33. The number of aliphatic hydroxyl groups is 1. The van der Waals surface area contributed by atoms with Crippen molar-refractivity contribution in [1.82, 2.24) is 0 Å². The fourth-order valence-corrected chi connectivity index (χ4v) is 5.38. The Kier molecular flexibility index (Phi) is 3.55. The van der Waals surface area contributed by atoms with Crippen molar-refractivity contribution in [2.24, 2.45) is 17.8 Å². The second-order valence-corrected chi connectivity index (χ2v) is 7.85. The zero-order valence-electron chi connectivity index (χ0n) is 13.4. The highest BCUT2D eigenvalue weighted by Gasteiger charge is 2.54. The van der Waals surface area contributed by atoms with Crippen LogP contribution in [-0.4, -0.2) is 21.7 Å². The normalized spacial score (nSPS) is 36.5. The van der Waals surface area contributed by atoms with Crippen molar-refractivity contribution in [3.8, 4) is 0 Å². The van der Waals surface area contributed by atoms with Gasteiger partial charge in [-0.2, -0.15) is 13.2 Å². The first kappa shape index (κ1) is 16.6. The lowest BCUT2D eigenvalue weighted by atomic mass is 9.52. The Labute approximate surface area is 142 Å². The van der Waals surface area contributed by atoms with Gasteiger partial charge in [0.2, 0.25) is 0 Å². The van der Waals surface area contributed by atoms with E-state index in [0.717, 1.165) is 31.4 Å². The van der Waals surface area contributed by atoms with Crippen molar-refractivity contribution in [2.45, 2.75) is 49.9 Å². The minimum Gasteiger partial charge on any atom is -0.390 e. The van der Waals surface area contributed by atoms with Crippen LogP contribution in [-0.2, 0) is 6.18 Å². The fraction of sp³-hybridized carbons (Fsp3) is 0.647. The Balaban J connectivity index is 1.62. The largest absolute Gasteiger partial charge is 0.416 e. The SMILES string of the molecule is O=[N+]([O-])c1cc(C(F)(F)F)ccc1NC1[C@H]2CC3C[C@H]1CC(O)(C3)C2. The Hall–Kier alpha value is -1.83. The van der Waals surface area contributed by atoms with Crippen LogP contribution in [0.25, 0.3) is 0 Å². The lowest BCUT2D eigenvalue weighted by Crippen LogP contribution is -2.58. The number of hydrogen-bond donors (Lipinski definition) is 2. The summed E-state index contributed by atoms with van der Waals surface area (Å²) in [6.45, 7) is 0. The lowest BCUT2D eigenvalue weighted by molar-refractivity contribution is -0.384. The fourth-order valence-electron chi connectivity index (χ4n) is 5.38. The van der Waals surface area contributed by atoms with E-state index in [1.165, 1.54) is 0 Å². The van der Waals surface area contributed by atoms with Crippen LogP contribution in [0.1, 0.15) is 37.7 Å². The third-order valence-corrected chi connectivity index (χ3v) is 6.08. The van der Waals surface area contributed by atoms with Crippen molar-refractivity contribution >= 4 is 11.4 Å².